The molecule has 0 radical (unpaired) electrons. The molecule has 1 fully saturated rings. The van der Waals surface area contributed by atoms with E-state index in [0.717, 1.165) is 57.8 Å². The van der Waals surface area contributed by atoms with Gasteiger partial charge in [-0.05, 0) is 51.4 Å². The molecule has 0 aliphatic carbocycles. The molecular formula is C58H108O12S. The number of hydrogen-bond acceptors (Lipinski definition) is 11. The van der Waals surface area contributed by atoms with Crippen molar-refractivity contribution in [1.29, 1.82) is 0 Å². The molecule has 0 aromatic carbocycles. The van der Waals surface area contributed by atoms with Crippen LogP contribution in [0.1, 0.15) is 264 Å². The first-order chi connectivity index (χ1) is 34.6. The highest BCUT2D eigenvalue weighted by Gasteiger charge is 2.48. The van der Waals surface area contributed by atoms with Crippen molar-refractivity contribution in [3.63, 3.8) is 0 Å². The molecule has 12 nitrogen and oxygen atoms in total. The van der Waals surface area contributed by atoms with Crippen molar-refractivity contribution in [2.45, 2.75) is 301 Å². The Morgan fingerprint density at radius 1 is 0.535 bits per heavy atom. The summed E-state index contributed by atoms with van der Waals surface area (Å²) in [7, 11) is -5.07. The molecule has 1 aliphatic heterocycles. The highest BCUT2D eigenvalue weighted by molar-refractivity contribution is 7.80. The smallest absolute Gasteiger partial charge is 0.397 e. The lowest BCUT2D eigenvalue weighted by Gasteiger charge is -2.41. The molecule has 1 aliphatic rings. The third-order valence-corrected chi connectivity index (χ3v) is 14.0. The minimum absolute atomic E-state index is 0.0323. The van der Waals surface area contributed by atoms with Crippen LogP contribution in [0.5, 0.6) is 0 Å². The Morgan fingerprint density at radius 2 is 0.930 bits per heavy atom. The second-order valence-electron chi connectivity index (χ2n) is 20.2. The van der Waals surface area contributed by atoms with Crippen LogP contribution in [-0.2, 0) is 38.3 Å². The Hall–Kier alpha value is -1.68. The van der Waals surface area contributed by atoms with Crippen molar-refractivity contribution in [3.05, 3.63) is 36.5 Å². The van der Waals surface area contributed by atoms with Gasteiger partial charge in [0.25, 0.3) is 0 Å². The van der Waals surface area contributed by atoms with Crippen LogP contribution in [-0.4, -0.2) is 97.5 Å². The fourth-order valence-corrected chi connectivity index (χ4v) is 9.60. The summed E-state index contributed by atoms with van der Waals surface area (Å²) in [5.41, 5.74) is 0. The van der Waals surface area contributed by atoms with E-state index in [1.807, 2.05) is 0 Å². The molecule has 418 valence electrons. The molecule has 6 atom stereocenters. The highest BCUT2D eigenvalue weighted by atomic mass is 32.3. The molecule has 0 saturated carbocycles. The minimum atomic E-state index is -5.07. The van der Waals surface area contributed by atoms with Crippen molar-refractivity contribution >= 4 is 16.4 Å². The van der Waals surface area contributed by atoms with Crippen LogP contribution in [0.4, 0.5) is 0 Å². The van der Waals surface area contributed by atoms with Crippen molar-refractivity contribution in [2.75, 3.05) is 26.4 Å². The fraction of sp³-hybridized carbons (Fsp3) is 0.879. The molecule has 13 heteroatoms. The molecule has 0 aromatic heterocycles. The first-order valence-corrected chi connectivity index (χ1v) is 30.6. The van der Waals surface area contributed by atoms with E-state index in [0.29, 0.717) is 13.0 Å². The molecule has 0 aromatic rings. The molecule has 6 unspecified atom stereocenters. The maximum absolute atomic E-state index is 13.0. The number of rotatable bonds is 52. The molecule has 0 bridgehead atoms. The van der Waals surface area contributed by atoms with E-state index in [9.17, 15) is 33.1 Å². The monoisotopic (exact) mass is 1030 g/mol. The first-order valence-electron chi connectivity index (χ1n) is 29.2. The summed E-state index contributed by atoms with van der Waals surface area (Å²) in [6.07, 6.45) is 51.8. The standard InChI is InChI=1S/C58H108O12S/c1-3-5-7-9-11-13-15-17-19-21-23-25-27-29-31-33-35-37-39-41-43-45-47-54(60)68-52(51-67-58-56(62)57(70-71(63,64)65)55(61)53(49-59)69-58)50-66-48-46-44-42-40-38-36-34-32-30-28-26-24-22-20-18-16-14-12-10-8-6-4-2/h16,18,22,24,28,30,52-53,55-59,61-62H,3-15,17,19-21,23,25-27,29,31-51H2,1-2H3,(H,63,64,65)/b18-16-,24-22-,30-28-. The Labute approximate surface area is 434 Å². The van der Waals surface area contributed by atoms with E-state index < -0.39 is 59.8 Å². The van der Waals surface area contributed by atoms with Crippen LogP contribution in [0.25, 0.3) is 0 Å². The van der Waals surface area contributed by atoms with E-state index in [4.69, 9.17) is 18.9 Å². The Balaban J connectivity index is 2.30. The van der Waals surface area contributed by atoms with Crippen molar-refractivity contribution in [2.24, 2.45) is 0 Å². The van der Waals surface area contributed by atoms with Gasteiger partial charge < -0.3 is 34.3 Å². The number of carbonyl (C=O) groups excluding carboxylic acids is 1. The lowest BCUT2D eigenvalue weighted by atomic mass is 9.99. The number of ether oxygens (including phenoxy) is 4. The Kier molecular flexibility index (Phi) is 46.7. The number of allylic oxidation sites excluding steroid dienone is 6. The Bertz CT molecular complexity index is 1370. The molecule has 0 amide bonds. The van der Waals surface area contributed by atoms with Crippen molar-refractivity contribution in [1.82, 2.24) is 0 Å². The molecule has 71 heavy (non-hydrogen) atoms. The molecular weight excluding hydrogens is 921 g/mol. The van der Waals surface area contributed by atoms with Gasteiger partial charge in [-0.3, -0.25) is 9.35 Å². The van der Waals surface area contributed by atoms with Crippen molar-refractivity contribution in [3.8, 4) is 0 Å². The van der Waals surface area contributed by atoms with Gasteiger partial charge in [0, 0.05) is 13.0 Å². The van der Waals surface area contributed by atoms with Crippen LogP contribution in [0.15, 0.2) is 36.5 Å². The van der Waals surface area contributed by atoms with Crippen molar-refractivity contribution < 1.29 is 56.2 Å². The van der Waals surface area contributed by atoms with E-state index in [-0.39, 0.29) is 19.6 Å². The maximum atomic E-state index is 13.0. The van der Waals surface area contributed by atoms with E-state index >= 15 is 0 Å². The van der Waals surface area contributed by atoms with Gasteiger partial charge in [-0.25, -0.2) is 4.18 Å². The summed E-state index contributed by atoms with van der Waals surface area (Å²) in [5, 5.41) is 30.8. The zero-order chi connectivity index (χ0) is 51.7. The van der Waals surface area contributed by atoms with Gasteiger partial charge in [-0.1, -0.05) is 243 Å². The fourth-order valence-electron chi connectivity index (χ4n) is 9.09. The number of esters is 1. The third-order valence-electron chi connectivity index (χ3n) is 13.5. The molecule has 0 spiro atoms. The summed E-state index contributed by atoms with van der Waals surface area (Å²) in [6.45, 7) is 4.01. The topological polar surface area (TPSA) is 178 Å². The number of aliphatic hydroxyl groups is 3. The third kappa shape index (κ3) is 42.3. The van der Waals surface area contributed by atoms with Gasteiger partial charge in [0.2, 0.25) is 0 Å². The predicted octanol–water partition coefficient (Wildman–Crippen LogP) is 14.5. The van der Waals surface area contributed by atoms with Crippen LogP contribution >= 0.6 is 0 Å². The summed E-state index contributed by atoms with van der Waals surface area (Å²) in [4.78, 5) is 13.0. The number of aliphatic hydroxyl groups excluding tert-OH is 3. The predicted molar refractivity (Wildman–Crippen MR) is 290 cm³/mol. The van der Waals surface area contributed by atoms with Crippen LogP contribution in [0, 0.1) is 0 Å². The normalized spacial score (nSPS) is 19.2. The van der Waals surface area contributed by atoms with Gasteiger partial charge in [0.05, 0.1) is 19.8 Å². The first kappa shape index (κ1) is 67.3. The number of unbranched alkanes of at least 4 members (excludes halogenated alkanes) is 33. The molecule has 4 N–H and O–H groups in total. The quantitative estimate of drug-likeness (QED) is 0.0196. The van der Waals surface area contributed by atoms with E-state index in [1.165, 1.54) is 180 Å². The molecule has 1 rings (SSSR count). The number of hydrogen-bond donors (Lipinski definition) is 4. The van der Waals surface area contributed by atoms with E-state index in [1.54, 1.807) is 0 Å². The van der Waals surface area contributed by atoms with Crippen LogP contribution in [0.2, 0.25) is 0 Å². The van der Waals surface area contributed by atoms with Gasteiger partial charge >= 0.3 is 16.4 Å². The molecule has 1 heterocycles. The second kappa shape index (κ2) is 49.2. The largest absolute Gasteiger partial charge is 0.457 e. The average molecular weight is 1030 g/mol. The molecule has 1 saturated heterocycles. The summed E-state index contributed by atoms with van der Waals surface area (Å²) >= 11 is 0. The lowest BCUT2D eigenvalue weighted by molar-refractivity contribution is -0.301. The second-order valence-corrected chi connectivity index (χ2v) is 21.3. The zero-order valence-electron chi connectivity index (χ0n) is 45.3. The van der Waals surface area contributed by atoms with E-state index in [2.05, 4.69) is 54.5 Å². The lowest BCUT2D eigenvalue weighted by Crippen LogP contribution is -2.60. The summed E-state index contributed by atoms with van der Waals surface area (Å²) in [6, 6.07) is 0. The zero-order valence-corrected chi connectivity index (χ0v) is 46.1. The average Bonchev–Trinajstić information content (AvgIpc) is 3.35. The highest BCUT2D eigenvalue weighted by Crippen LogP contribution is 2.26. The van der Waals surface area contributed by atoms with Crippen LogP contribution in [0.3, 0.4) is 0 Å². The van der Waals surface area contributed by atoms with Crippen LogP contribution < -0.4 is 0 Å². The van der Waals surface area contributed by atoms with Gasteiger partial charge in [0.1, 0.15) is 30.5 Å². The van der Waals surface area contributed by atoms with Gasteiger partial charge in [0.15, 0.2) is 6.29 Å². The minimum Gasteiger partial charge on any atom is -0.457 e. The SMILES string of the molecule is CCCCCCC/C=C\C/C=C\C/C=C\CCCCCCCCCOCC(COC1OC(CO)C(O)C(OS(=O)(=O)O)C1O)OC(=O)CCCCCCCCCCCCCCCCCCCCCCCC. The summed E-state index contributed by atoms with van der Waals surface area (Å²) in [5.74, 6) is -0.397. The Morgan fingerprint density at radius 3 is 1.35 bits per heavy atom. The number of carbonyl (C=O) groups is 1. The van der Waals surface area contributed by atoms with Gasteiger partial charge in [-0.2, -0.15) is 8.42 Å². The maximum Gasteiger partial charge on any atom is 0.397 e. The summed E-state index contributed by atoms with van der Waals surface area (Å²) < 4.78 is 59.4. The van der Waals surface area contributed by atoms with Gasteiger partial charge in [-0.15, -0.1) is 0 Å².